The number of ether oxygens (including phenoxy) is 1. The number of thiazole rings is 1. The van der Waals surface area contributed by atoms with E-state index in [1.165, 1.54) is 0 Å². The molecule has 0 aliphatic carbocycles. The number of anilines is 1. The molecular weight excluding hydrogens is 372 g/mol. The number of aryl methyl sites for hydroxylation is 1. The van der Waals surface area contributed by atoms with E-state index in [0.29, 0.717) is 31.0 Å². The molecule has 2 N–H and O–H groups in total. The van der Waals surface area contributed by atoms with Crippen molar-refractivity contribution in [1.29, 1.82) is 5.26 Å². The molecule has 0 radical (unpaired) electrons. The second-order valence-corrected chi connectivity index (χ2v) is 7.40. The molecule has 0 saturated carbocycles. The Bertz CT molecular complexity index is 977. The van der Waals surface area contributed by atoms with Crippen LogP contribution in [0.25, 0.3) is 0 Å². The molecule has 0 unspecified atom stereocenters. The van der Waals surface area contributed by atoms with Gasteiger partial charge in [0.25, 0.3) is 0 Å². The molecule has 0 aliphatic heterocycles. The van der Waals surface area contributed by atoms with Gasteiger partial charge in [0.2, 0.25) is 0 Å². The van der Waals surface area contributed by atoms with Gasteiger partial charge in [-0.3, -0.25) is 0 Å². The average Bonchev–Trinajstić information content (AvgIpc) is 3.12. The van der Waals surface area contributed by atoms with Crippen LogP contribution in [-0.2, 0) is 19.6 Å². The molecule has 2 amide bonds. The van der Waals surface area contributed by atoms with E-state index in [4.69, 9.17) is 10.00 Å². The topological polar surface area (TPSA) is 87.0 Å². The number of para-hydroxylation sites is 1. The first-order chi connectivity index (χ1) is 13.6. The molecule has 0 fully saturated rings. The molecule has 3 rings (SSSR count). The molecule has 0 aliphatic rings. The normalized spacial score (nSPS) is 10.1. The van der Waals surface area contributed by atoms with E-state index in [0.717, 1.165) is 21.0 Å². The van der Waals surface area contributed by atoms with E-state index in [-0.39, 0.29) is 6.03 Å². The summed E-state index contributed by atoms with van der Waals surface area (Å²) < 4.78 is 5.82. The fourth-order valence-electron chi connectivity index (χ4n) is 2.54. The first-order valence-corrected chi connectivity index (χ1v) is 9.58. The van der Waals surface area contributed by atoms with Crippen molar-refractivity contribution in [3.05, 3.63) is 75.7 Å². The fraction of sp³-hybridized carbons (Fsp3) is 0.190. The third-order valence-electron chi connectivity index (χ3n) is 3.96. The second-order valence-electron chi connectivity index (χ2n) is 6.08. The smallest absolute Gasteiger partial charge is 0.319 e. The number of carbonyl (C=O) groups excluding carboxylic acids is 1. The van der Waals surface area contributed by atoms with Crippen LogP contribution in [-0.4, -0.2) is 11.0 Å². The summed E-state index contributed by atoms with van der Waals surface area (Å²) in [7, 11) is 0. The maximum atomic E-state index is 12.2. The highest BCUT2D eigenvalue weighted by molar-refractivity contribution is 7.11. The van der Waals surface area contributed by atoms with E-state index in [9.17, 15) is 4.79 Å². The van der Waals surface area contributed by atoms with E-state index < -0.39 is 0 Å². The third-order valence-corrected chi connectivity index (χ3v) is 4.87. The quantitative estimate of drug-likeness (QED) is 0.623. The minimum atomic E-state index is -0.278. The highest BCUT2D eigenvalue weighted by Gasteiger charge is 2.08. The van der Waals surface area contributed by atoms with E-state index in [1.54, 1.807) is 17.5 Å². The Hall–Kier alpha value is -3.37. The number of urea groups is 1. The Morgan fingerprint density at radius 1 is 1.21 bits per heavy atom. The van der Waals surface area contributed by atoms with Crippen LogP contribution in [0, 0.1) is 18.3 Å². The first-order valence-electron chi connectivity index (χ1n) is 8.77. The largest absolute Gasteiger partial charge is 0.489 e. The molecule has 0 spiro atoms. The summed E-state index contributed by atoms with van der Waals surface area (Å²) in [5, 5.41) is 15.4. The maximum absolute atomic E-state index is 12.2. The predicted molar refractivity (Wildman–Crippen MR) is 109 cm³/mol. The fourth-order valence-corrected chi connectivity index (χ4v) is 3.28. The monoisotopic (exact) mass is 392 g/mol. The Labute approximate surface area is 167 Å². The Morgan fingerprint density at radius 3 is 2.71 bits per heavy atom. The van der Waals surface area contributed by atoms with Crippen molar-refractivity contribution in [2.45, 2.75) is 26.5 Å². The van der Waals surface area contributed by atoms with Gasteiger partial charge in [-0.25, -0.2) is 9.78 Å². The molecule has 0 bridgehead atoms. The third kappa shape index (κ3) is 5.56. The first kappa shape index (κ1) is 19.4. The summed E-state index contributed by atoms with van der Waals surface area (Å²) >= 11 is 1.56. The molecule has 142 valence electrons. The molecule has 3 aromatic rings. The number of nitrogens with one attached hydrogen (secondary N) is 2. The molecular formula is C21H20N4O2S. The number of aromatic nitrogens is 1. The van der Waals surface area contributed by atoms with Crippen LogP contribution in [0.2, 0.25) is 0 Å². The van der Waals surface area contributed by atoms with E-state index in [2.05, 4.69) is 21.7 Å². The van der Waals surface area contributed by atoms with Crippen LogP contribution in [0.4, 0.5) is 10.5 Å². The molecule has 7 heteroatoms. The summed E-state index contributed by atoms with van der Waals surface area (Å²) in [6.45, 7) is 2.69. The second kappa shape index (κ2) is 9.53. The van der Waals surface area contributed by atoms with Crippen molar-refractivity contribution < 1.29 is 9.53 Å². The van der Waals surface area contributed by atoms with Gasteiger partial charge in [-0.2, -0.15) is 5.26 Å². The number of rotatable bonds is 7. The van der Waals surface area contributed by atoms with Gasteiger partial charge in [0.15, 0.2) is 0 Å². The molecule has 1 aromatic heterocycles. The number of hydrogen-bond acceptors (Lipinski definition) is 5. The SMILES string of the molecule is Cc1ncc(CNC(=O)Nc2ccccc2COc2ccc(CC#N)cc2)s1. The molecule has 28 heavy (non-hydrogen) atoms. The molecule has 0 saturated heterocycles. The van der Waals surface area contributed by atoms with Crippen molar-refractivity contribution in [2.75, 3.05) is 5.32 Å². The van der Waals surface area contributed by atoms with Crippen LogP contribution in [0.5, 0.6) is 5.75 Å². The van der Waals surface area contributed by atoms with Crippen LogP contribution >= 0.6 is 11.3 Å². The number of carbonyl (C=O) groups is 1. The van der Waals surface area contributed by atoms with Gasteiger partial charge in [-0.05, 0) is 30.7 Å². The van der Waals surface area contributed by atoms with Crippen molar-refractivity contribution in [1.82, 2.24) is 10.3 Å². The Balaban J connectivity index is 1.56. The van der Waals surface area contributed by atoms with Gasteiger partial charge in [0, 0.05) is 22.3 Å². The average molecular weight is 392 g/mol. The van der Waals surface area contributed by atoms with Gasteiger partial charge in [-0.15, -0.1) is 11.3 Å². The van der Waals surface area contributed by atoms with E-state index >= 15 is 0 Å². The number of benzene rings is 2. The minimum absolute atomic E-state index is 0.278. The minimum Gasteiger partial charge on any atom is -0.489 e. The summed E-state index contributed by atoms with van der Waals surface area (Å²) in [6.07, 6.45) is 2.15. The Morgan fingerprint density at radius 2 is 2.00 bits per heavy atom. The van der Waals surface area contributed by atoms with Crippen LogP contribution in [0.1, 0.15) is 21.0 Å². The zero-order chi connectivity index (χ0) is 19.8. The lowest BCUT2D eigenvalue weighted by Crippen LogP contribution is -2.28. The van der Waals surface area contributed by atoms with Crippen molar-refractivity contribution in [2.24, 2.45) is 0 Å². The maximum Gasteiger partial charge on any atom is 0.319 e. The summed E-state index contributed by atoms with van der Waals surface area (Å²) in [5.41, 5.74) is 2.51. The standard InChI is InChI=1S/C21H20N4O2S/c1-15-23-12-19(28-15)13-24-21(26)25-20-5-3-2-4-17(20)14-27-18-8-6-16(7-9-18)10-11-22/h2-9,12H,10,13-14H2,1H3,(H2,24,25,26). The van der Waals surface area contributed by atoms with Gasteiger partial charge >= 0.3 is 6.03 Å². The van der Waals surface area contributed by atoms with E-state index in [1.807, 2.05) is 55.5 Å². The van der Waals surface area contributed by atoms with Crippen molar-refractivity contribution in [3.8, 4) is 11.8 Å². The van der Waals surface area contributed by atoms with Crippen molar-refractivity contribution >= 4 is 23.1 Å². The van der Waals surface area contributed by atoms with Crippen molar-refractivity contribution in [3.63, 3.8) is 0 Å². The zero-order valence-corrected chi connectivity index (χ0v) is 16.3. The van der Waals surface area contributed by atoms with Crippen LogP contribution in [0.15, 0.2) is 54.7 Å². The number of nitriles is 1. The molecule has 0 atom stereocenters. The lowest BCUT2D eigenvalue weighted by molar-refractivity contribution is 0.251. The number of hydrogen-bond donors (Lipinski definition) is 2. The molecule has 1 heterocycles. The molecule has 6 nitrogen and oxygen atoms in total. The lowest BCUT2D eigenvalue weighted by atomic mass is 10.1. The number of amides is 2. The van der Waals surface area contributed by atoms with Gasteiger partial charge in [-0.1, -0.05) is 30.3 Å². The predicted octanol–water partition coefficient (Wildman–Crippen LogP) is 4.42. The van der Waals surface area contributed by atoms with Gasteiger partial charge in [0.05, 0.1) is 24.0 Å². The zero-order valence-electron chi connectivity index (χ0n) is 15.4. The summed E-state index contributed by atoms with van der Waals surface area (Å²) in [4.78, 5) is 17.4. The van der Waals surface area contributed by atoms with Crippen LogP contribution < -0.4 is 15.4 Å². The lowest BCUT2D eigenvalue weighted by Gasteiger charge is -2.13. The number of nitrogens with zero attached hydrogens (tertiary/aromatic N) is 2. The highest BCUT2D eigenvalue weighted by Crippen LogP contribution is 2.19. The van der Waals surface area contributed by atoms with Gasteiger partial charge < -0.3 is 15.4 Å². The highest BCUT2D eigenvalue weighted by atomic mass is 32.1. The van der Waals surface area contributed by atoms with Gasteiger partial charge in [0.1, 0.15) is 12.4 Å². The summed E-state index contributed by atoms with van der Waals surface area (Å²) in [5.74, 6) is 0.710. The van der Waals surface area contributed by atoms with Crippen LogP contribution in [0.3, 0.4) is 0 Å². The Kier molecular flexibility index (Phi) is 6.60. The summed E-state index contributed by atoms with van der Waals surface area (Å²) in [6, 6.07) is 16.8. The molecule has 2 aromatic carbocycles.